The average molecular weight is 247 g/mol. The lowest BCUT2D eigenvalue weighted by molar-refractivity contribution is -0.124. The number of nitrogens with two attached hydrogens (primary N) is 1. The summed E-state index contributed by atoms with van der Waals surface area (Å²) >= 11 is 0. The molecule has 2 unspecified atom stereocenters. The predicted octanol–water partition coefficient (Wildman–Crippen LogP) is 0.164. The summed E-state index contributed by atoms with van der Waals surface area (Å²) in [5.41, 5.74) is 5.54. The van der Waals surface area contributed by atoms with Gasteiger partial charge in [-0.1, -0.05) is 0 Å². The van der Waals surface area contributed by atoms with Gasteiger partial charge in [0.15, 0.2) is 5.82 Å². The van der Waals surface area contributed by atoms with Crippen molar-refractivity contribution in [3.05, 3.63) is 12.1 Å². The molecular weight excluding hydrogens is 230 g/mol. The van der Waals surface area contributed by atoms with Crippen molar-refractivity contribution < 1.29 is 4.79 Å². The second-order valence-corrected chi connectivity index (χ2v) is 5.02. The normalized spacial score (nSPS) is 27.6. The number of nitrogen functional groups attached to an aromatic ring is 1. The van der Waals surface area contributed by atoms with Gasteiger partial charge in [-0.2, -0.15) is 0 Å². The van der Waals surface area contributed by atoms with Gasteiger partial charge in [0, 0.05) is 25.6 Å². The average Bonchev–Trinajstić information content (AvgIpc) is 2.39. The van der Waals surface area contributed by atoms with Crippen LogP contribution in [0.5, 0.6) is 0 Å². The van der Waals surface area contributed by atoms with Gasteiger partial charge in [0.25, 0.3) is 0 Å². The minimum absolute atomic E-state index is 0.192. The van der Waals surface area contributed by atoms with Crippen molar-refractivity contribution in [3.63, 3.8) is 0 Å². The number of amides is 1. The van der Waals surface area contributed by atoms with Crippen LogP contribution in [0, 0.1) is 5.92 Å². The second-order valence-electron chi connectivity index (χ2n) is 5.02. The third-order valence-electron chi connectivity index (χ3n) is 3.82. The highest BCUT2D eigenvalue weighted by molar-refractivity contribution is 5.77. The van der Waals surface area contributed by atoms with Gasteiger partial charge in [0.2, 0.25) is 5.91 Å². The van der Waals surface area contributed by atoms with Crippen molar-refractivity contribution in [2.45, 2.75) is 25.3 Å². The van der Waals surface area contributed by atoms with E-state index >= 15 is 0 Å². The number of piperidine rings is 2. The molecule has 0 aromatic carbocycles. The summed E-state index contributed by atoms with van der Waals surface area (Å²) in [5.74, 6) is 2.03. The van der Waals surface area contributed by atoms with Crippen LogP contribution < -0.4 is 16.0 Å². The first-order valence-corrected chi connectivity index (χ1v) is 6.36. The molecular formula is C12H17N5O. The van der Waals surface area contributed by atoms with E-state index in [0.29, 0.717) is 24.2 Å². The molecule has 2 aliphatic heterocycles. The van der Waals surface area contributed by atoms with Crippen LogP contribution in [-0.2, 0) is 4.79 Å². The van der Waals surface area contributed by atoms with Gasteiger partial charge < -0.3 is 16.0 Å². The summed E-state index contributed by atoms with van der Waals surface area (Å²) in [6, 6.07) is 4.02. The quantitative estimate of drug-likeness (QED) is 0.738. The molecule has 1 aromatic heterocycles. The Kier molecular flexibility index (Phi) is 2.77. The molecule has 96 valence electrons. The standard InChI is InChI=1S/C12H17N5O/c13-10-2-3-11(16-15-10)17-6-5-9-8(7-17)1-4-12(18)14-9/h2-3,8-9H,1,4-7H2,(H2,13,15)(H,14,18). The van der Waals surface area contributed by atoms with Gasteiger partial charge in [-0.05, 0) is 30.9 Å². The third-order valence-corrected chi connectivity index (χ3v) is 3.82. The zero-order valence-electron chi connectivity index (χ0n) is 10.2. The highest BCUT2D eigenvalue weighted by atomic mass is 16.1. The van der Waals surface area contributed by atoms with Crippen LogP contribution in [0.15, 0.2) is 12.1 Å². The van der Waals surface area contributed by atoms with E-state index in [1.54, 1.807) is 6.07 Å². The van der Waals surface area contributed by atoms with Crippen LogP contribution in [-0.4, -0.2) is 35.2 Å². The molecule has 2 saturated heterocycles. The first-order valence-electron chi connectivity index (χ1n) is 6.36. The molecule has 2 fully saturated rings. The number of nitrogens with one attached hydrogen (secondary N) is 1. The number of carbonyl (C=O) groups excluding carboxylic acids is 1. The molecule has 1 amide bonds. The SMILES string of the molecule is Nc1ccc(N2CCC3NC(=O)CCC3C2)nn1. The van der Waals surface area contributed by atoms with Crippen molar-refractivity contribution in [1.29, 1.82) is 0 Å². The molecule has 0 radical (unpaired) electrons. The van der Waals surface area contributed by atoms with Crippen molar-refractivity contribution in [2.75, 3.05) is 23.7 Å². The van der Waals surface area contributed by atoms with Crippen molar-refractivity contribution in [2.24, 2.45) is 5.92 Å². The van der Waals surface area contributed by atoms with Crippen LogP contribution in [0.1, 0.15) is 19.3 Å². The number of rotatable bonds is 1. The molecule has 0 saturated carbocycles. The van der Waals surface area contributed by atoms with Crippen LogP contribution in [0.2, 0.25) is 0 Å². The summed E-state index contributed by atoms with van der Waals surface area (Å²) in [6.07, 6.45) is 2.58. The second kappa shape index (κ2) is 4.44. The van der Waals surface area contributed by atoms with E-state index in [1.807, 2.05) is 6.07 Å². The summed E-state index contributed by atoms with van der Waals surface area (Å²) < 4.78 is 0. The smallest absolute Gasteiger partial charge is 0.220 e. The largest absolute Gasteiger partial charge is 0.382 e. The maximum Gasteiger partial charge on any atom is 0.220 e. The van der Waals surface area contributed by atoms with Gasteiger partial charge in [0.05, 0.1) is 0 Å². The van der Waals surface area contributed by atoms with Gasteiger partial charge in [-0.15, -0.1) is 10.2 Å². The number of hydrogen-bond donors (Lipinski definition) is 2. The zero-order chi connectivity index (χ0) is 12.5. The summed E-state index contributed by atoms with van der Waals surface area (Å²) in [6.45, 7) is 1.84. The number of nitrogens with zero attached hydrogens (tertiary/aromatic N) is 3. The summed E-state index contributed by atoms with van der Waals surface area (Å²) in [7, 11) is 0. The first kappa shape index (κ1) is 11.3. The van der Waals surface area contributed by atoms with E-state index in [4.69, 9.17) is 5.73 Å². The first-order chi connectivity index (χ1) is 8.72. The van der Waals surface area contributed by atoms with E-state index < -0.39 is 0 Å². The maximum atomic E-state index is 11.3. The highest BCUT2D eigenvalue weighted by Gasteiger charge is 2.34. The fourth-order valence-electron chi connectivity index (χ4n) is 2.82. The number of aromatic nitrogens is 2. The Morgan fingerprint density at radius 3 is 3.00 bits per heavy atom. The lowest BCUT2D eigenvalue weighted by Gasteiger charge is -2.41. The zero-order valence-corrected chi connectivity index (χ0v) is 10.2. The Hall–Kier alpha value is -1.85. The minimum Gasteiger partial charge on any atom is -0.382 e. The fourth-order valence-corrected chi connectivity index (χ4v) is 2.82. The Bertz CT molecular complexity index is 446. The van der Waals surface area contributed by atoms with Gasteiger partial charge in [-0.25, -0.2) is 0 Å². The number of hydrogen-bond acceptors (Lipinski definition) is 5. The van der Waals surface area contributed by atoms with E-state index in [9.17, 15) is 4.79 Å². The topological polar surface area (TPSA) is 84.1 Å². The minimum atomic E-state index is 0.192. The molecule has 6 heteroatoms. The van der Waals surface area contributed by atoms with Crippen molar-refractivity contribution in [3.8, 4) is 0 Å². The molecule has 6 nitrogen and oxygen atoms in total. The number of anilines is 2. The molecule has 3 N–H and O–H groups in total. The Balaban J connectivity index is 1.70. The molecule has 3 rings (SSSR count). The lowest BCUT2D eigenvalue weighted by Crippen LogP contribution is -2.54. The summed E-state index contributed by atoms with van der Waals surface area (Å²) in [5, 5.41) is 11.1. The van der Waals surface area contributed by atoms with Crippen LogP contribution in [0.4, 0.5) is 11.6 Å². The lowest BCUT2D eigenvalue weighted by atomic mass is 9.85. The third kappa shape index (κ3) is 2.10. The predicted molar refractivity (Wildman–Crippen MR) is 67.9 cm³/mol. The Labute approximate surface area is 106 Å². The molecule has 0 bridgehead atoms. The molecule has 0 aliphatic carbocycles. The maximum absolute atomic E-state index is 11.3. The van der Waals surface area contributed by atoms with E-state index in [0.717, 1.165) is 31.7 Å². The molecule has 0 spiro atoms. The van der Waals surface area contributed by atoms with Crippen molar-refractivity contribution in [1.82, 2.24) is 15.5 Å². The fraction of sp³-hybridized carbons (Fsp3) is 0.583. The van der Waals surface area contributed by atoms with E-state index in [1.165, 1.54) is 0 Å². The van der Waals surface area contributed by atoms with Crippen LogP contribution >= 0.6 is 0 Å². The highest BCUT2D eigenvalue weighted by Crippen LogP contribution is 2.27. The van der Waals surface area contributed by atoms with Crippen LogP contribution in [0.25, 0.3) is 0 Å². The Morgan fingerprint density at radius 1 is 1.33 bits per heavy atom. The van der Waals surface area contributed by atoms with E-state index in [2.05, 4.69) is 20.4 Å². The molecule has 18 heavy (non-hydrogen) atoms. The molecule has 1 aromatic rings. The van der Waals surface area contributed by atoms with Gasteiger partial charge in [0.1, 0.15) is 5.82 Å². The van der Waals surface area contributed by atoms with E-state index in [-0.39, 0.29) is 5.91 Å². The number of fused-ring (bicyclic) bond motifs is 1. The van der Waals surface area contributed by atoms with Gasteiger partial charge >= 0.3 is 0 Å². The van der Waals surface area contributed by atoms with Gasteiger partial charge in [-0.3, -0.25) is 4.79 Å². The van der Waals surface area contributed by atoms with Crippen molar-refractivity contribution >= 4 is 17.5 Å². The molecule has 2 atom stereocenters. The summed E-state index contributed by atoms with van der Waals surface area (Å²) in [4.78, 5) is 13.6. The van der Waals surface area contributed by atoms with Crippen LogP contribution in [0.3, 0.4) is 0 Å². The monoisotopic (exact) mass is 247 g/mol. The molecule has 3 heterocycles. The Morgan fingerprint density at radius 2 is 2.22 bits per heavy atom. The number of carbonyl (C=O) groups is 1. The molecule has 2 aliphatic rings.